The number of esters is 2. The predicted molar refractivity (Wildman–Crippen MR) is 241 cm³/mol. The molecular weight excluding hydrogens is 757 g/mol. The van der Waals surface area contributed by atoms with Gasteiger partial charge >= 0.3 is 11.9 Å². The zero-order chi connectivity index (χ0) is 44.0. The van der Waals surface area contributed by atoms with E-state index in [1.807, 2.05) is 78.8 Å². The number of aryl methyl sites for hydroxylation is 2. The van der Waals surface area contributed by atoms with E-state index in [4.69, 9.17) is 19.4 Å². The van der Waals surface area contributed by atoms with Crippen LogP contribution >= 0.6 is 0 Å². The van der Waals surface area contributed by atoms with Gasteiger partial charge in [-0.05, 0) is 110 Å². The summed E-state index contributed by atoms with van der Waals surface area (Å²) in [5.41, 5.74) is 13.7. The van der Waals surface area contributed by atoms with Crippen molar-refractivity contribution in [3.8, 4) is 0 Å². The lowest BCUT2D eigenvalue weighted by Crippen LogP contribution is -2.45. The molecule has 12 heteroatoms. The van der Waals surface area contributed by atoms with Gasteiger partial charge in [-0.1, -0.05) is 65.8 Å². The number of allylic oxidation sites excluding steroid dienone is 4. The monoisotopic (exact) mass is 816 g/mol. The SMILES string of the molecule is C=Cc1c(C)c2cc3[nH]c(cc4nc(cc5nc(cc1[nH]2)C(C)=C5CCC(=O)N[C@H](C(=O)OC)C(C)CC)C(CCC(=O)N[C@H](C(=O)OC)C(C)CC)=C4C)c(C)c3C=C. The molecule has 0 radical (unpaired) electrons. The second-order valence-electron chi connectivity index (χ2n) is 15.8. The van der Waals surface area contributed by atoms with Gasteiger partial charge in [-0.15, -0.1) is 0 Å². The van der Waals surface area contributed by atoms with Crippen LogP contribution in [0, 0.1) is 25.7 Å². The minimum Gasteiger partial charge on any atom is -0.467 e. The van der Waals surface area contributed by atoms with Crippen LogP contribution in [0.25, 0.3) is 56.5 Å². The van der Waals surface area contributed by atoms with Crippen LogP contribution in [0.5, 0.6) is 0 Å². The predicted octanol–water partition coefficient (Wildman–Crippen LogP) is 9.05. The Hall–Kier alpha value is -6.04. The number of aromatic amines is 2. The molecule has 318 valence electrons. The Labute approximate surface area is 353 Å². The normalized spacial score (nSPS) is 14.6. The lowest BCUT2D eigenvalue weighted by atomic mass is 9.96. The zero-order valence-corrected chi connectivity index (χ0v) is 36.8. The molecule has 0 aromatic carbocycles. The molecule has 0 saturated heterocycles. The second kappa shape index (κ2) is 19.4. The summed E-state index contributed by atoms with van der Waals surface area (Å²) in [7, 11) is 2.64. The summed E-state index contributed by atoms with van der Waals surface area (Å²) in [4.78, 5) is 69.7. The third-order valence-electron chi connectivity index (χ3n) is 12.2. The molecule has 4 N–H and O–H groups in total. The first-order valence-electron chi connectivity index (χ1n) is 20.8. The second-order valence-corrected chi connectivity index (χ2v) is 15.8. The third-order valence-corrected chi connectivity index (χ3v) is 12.2. The molecule has 5 rings (SSSR count). The van der Waals surface area contributed by atoms with Crippen LogP contribution < -0.4 is 10.6 Å². The van der Waals surface area contributed by atoms with Crippen molar-refractivity contribution in [3.05, 3.63) is 82.5 Å². The summed E-state index contributed by atoms with van der Waals surface area (Å²) < 4.78 is 10.0. The number of hydrogen-bond donors (Lipinski definition) is 4. The Morgan fingerprint density at radius 2 is 1.02 bits per heavy atom. The van der Waals surface area contributed by atoms with E-state index in [2.05, 4.69) is 46.7 Å². The van der Waals surface area contributed by atoms with Gasteiger partial charge in [-0.2, -0.15) is 0 Å². The number of hydrogen-bond acceptors (Lipinski definition) is 8. The van der Waals surface area contributed by atoms with Crippen LogP contribution in [-0.4, -0.2) is 70.0 Å². The van der Waals surface area contributed by atoms with Crippen molar-refractivity contribution >= 4 is 80.3 Å². The van der Waals surface area contributed by atoms with Crippen LogP contribution in [0.15, 0.2) is 37.4 Å². The maximum Gasteiger partial charge on any atom is 0.328 e. The smallest absolute Gasteiger partial charge is 0.328 e. The Bertz CT molecular complexity index is 2450. The van der Waals surface area contributed by atoms with E-state index in [0.29, 0.717) is 42.8 Å². The molecule has 0 saturated carbocycles. The highest BCUT2D eigenvalue weighted by Crippen LogP contribution is 2.38. The number of amides is 2. The fraction of sp³-hybridized carbons (Fsp3) is 0.417. The molecule has 2 aliphatic heterocycles. The maximum absolute atomic E-state index is 13.5. The highest BCUT2D eigenvalue weighted by Gasteiger charge is 2.29. The number of methoxy groups -OCH3 is 2. The quantitative estimate of drug-likeness (QED) is 0.104. The van der Waals surface area contributed by atoms with Crippen LogP contribution in [0.2, 0.25) is 0 Å². The first-order valence-corrected chi connectivity index (χ1v) is 20.8. The van der Waals surface area contributed by atoms with Crippen molar-refractivity contribution in [2.24, 2.45) is 11.8 Å². The third kappa shape index (κ3) is 9.38. The minimum absolute atomic E-state index is 0.103. The van der Waals surface area contributed by atoms with Crippen LogP contribution in [-0.2, 0) is 28.7 Å². The molecule has 0 fully saturated rings. The molecule has 8 bridgehead atoms. The van der Waals surface area contributed by atoms with Crippen LogP contribution in [0.3, 0.4) is 0 Å². The van der Waals surface area contributed by atoms with E-state index >= 15 is 0 Å². The molecular formula is C48H60N6O6. The van der Waals surface area contributed by atoms with Gasteiger partial charge in [0, 0.05) is 46.0 Å². The number of ether oxygens (including phenoxy) is 2. The zero-order valence-electron chi connectivity index (χ0n) is 36.8. The van der Waals surface area contributed by atoms with E-state index in [9.17, 15) is 19.2 Å². The Kier molecular flexibility index (Phi) is 14.5. The van der Waals surface area contributed by atoms with Crippen molar-refractivity contribution < 1.29 is 28.7 Å². The van der Waals surface area contributed by atoms with Gasteiger partial charge in [0.15, 0.2) is 0 Å². The minimum atomic E-state index is -0.760. The summed E-state index contributed by atoms with van der Waals surface area (Å²) >= 11 is 0. The van der Waals surface area contributed by atoms with E-state index in [0.717, 1.165) is 72.3 Å². The molecule has 4 atom stereocenters. The van der Waals surface area contributed by atoms with Gasteiger partial charge in [-0.3, -0.25) is 9.59 Å². The van der Waals surface area contributed by atoms with E-state index in [-0.39, 0.29) is 36.5 Å². The number of carbonyl (C=O) groups is 4. The molecule has 2 unspecified atom stereocenters. The highest BCUT2D eigenvalue weighted by atomic mass is 16.5. The Balaban J connectivity index is 1.69. The van der Waals surface area contributed by atoms with Gasteiger partial charge in [-0.25, -0.2) is 19.6 Å². The van der Waals surface area contributed by atoms with Gasteiger partial charge in [0.05, 0.1) is 37.0 Å². The lowest BCUT2D eigenvalue weighted by Gasteiger charge is -2.22. The number of fused-ring (bicyclic) bond motifs is 8. The van der Waals surface area contributed by atoms with Crippen LogP contribution in [0.4, 0.5) is 0 Å². The number of carbonyl (C=O) groups excluding carboxylic acids is 4. The molecule has 0 aliphatic carbocycles. The Morgan fingerprint density at radius 3 is 1.40 bits per heavy atom. The summed E-state index contributed by atoms with van der Waals surface area (Å²) in [6.45, 7) is 24.1. The van der Waals surface area contributed by atoms with Crippen molar-refractivity contribution in [2.45, 2.75) is 106 Å². The molecule has 3 aromatic rings. The molecule has 2 aliphatic rings. The van der Waals surface area contributed by atoms with Gasteiger partial charge < -0.3 is 30.1 Å². The van der Waals surface area contributed by atoms with Crippen molar-refractivity contribution in [1.29, 1.82) is 0 Å². The lowest BCUT2D eigenvalue weighted by molar-refractivity contribution is -0.147. The topological polar surface area (TPSA) is 168 Å². The van der Waals surface area contributed by atoms with E-state index in [1.54, 1.807) is 0 Å². The Morgan fingerprint density at radius 1 is 0.633 bits per heavy atom. The summed E-state index contributed by atoms with van der Waals surface area (Å²) in [5.74, 6) is -1.73. The number of H-pyrrole nitrogens is 2. The molecule has 60 heavy (non-hydrogen) atoms. The van der Waals surface area contributed by atoms with Gasteiger partial charge in [0.25, 0.3) is 0 Å². The number of nitrogens with one attached hydrogen (secondary N) is 4. The van der Waals surface area contributed by atoms with Crippen LogP contribution in [0.1, 0.15) is 125 Å². The number of rotatable bonds is 16. The molecule has 3 aromatic heterocycles. The first-order chi connectivity index (χ1) is 28.6. The molecule has 12 nitrogen and oxygen atoms in total. The first kappa shape index (κ1) is 45.1. The summed E-state index contributed by atoms with van der Waals surface area (Å²) in [6.07, 6.45) is 5.94. The average Bonchev–Trinajstić information content (AvgIpc) is 3.90. The average molecular weight is 817 g/mol. The van der Waals surface area contributed by atoms with E-state index < -0.39 is 24.0 Å². The van der Waals surface area contributed by atoms with Crippen molar-refractivity contribution in [1.82, 2.24) is 30.6 Å². The molecule has 5 heterocycles. The van der Waals surface area contributed by atoms with Gasteiger partial charge in [0.1, 0.15) is 12.1 Å². The fourth-order valence-electron chi connectivity index (χ4n) is 7.86. The van der Waals surface area contributed by atoms with E-state index in [1.165, 1.54) is 14.2 Å². The summed E-state index contributed by atoms with van der Waals surface area (Å²) in [5, 5.41) is 5.81. The standard InChI is InChI=1S/C48H60N6O6/c1-13-25(5)45(47(57)59-11)53-43(55)19-17-33-29(9)36-21-35-27(7)31(15-3)39(49-35)22-37-28(8)32(16-4)40(50-37)23-38-30(10)34(42(52-38)24-41(33)51-36)18-20-44(56)54-46(26(6)14-2)48(58)60-12/h15-16,21-26,45-46,49-50H,3-4,13-14,17-20H2,1-2,5-12H3,(H,53,55)(H,54,56)/t25?,26?,45-,46-/m0/s1. The highest BCUT2D eigenvalue weighted by molar-refractivity contribution is 5.98. The molecule has 2 amide bonds. The fourth-order valence-corrected chi connectivity index (χ4v) is 7.86. The number of nitrogens with zero attached hydrogens (tertiary/aromatic N) is 2. The largest absolute Gasteiger partial charge is 0.467 e. The van der Waals surface area contributed by atoms with Crippen molar-refractivity contribution in [3.63, 3.8) is 0 Å². The van der Waals surface area contributed by atoms with Gasteiger partial charge in [0.2, 0.25) is 11.8 Å². The summed E-state index contributed by atoms with van der Waals surface area (Å²) in [6, 6.07) is 6.51. The maximum atomic E-state index is 13.5. The van der Waals surface area contributed by atoms with Crippen molar-refractivity contribution in [2.75, 3.05) is 14.2 Å². The number of aromatic nitrogens is 4. The molecule has 0 spiro atoms.